The lowest BCUT2D eigenvalue weighted by Gasteiger charge is -2.16. The molecule has 1 N–H and O–H groups in total. The molecule has 6 nitrogen and oxygen atoms in total. The average Bonchev–Trinajstić information content (AvgIpc) is 3.03. The van der Waals surface area contributed by atoms with Gasteiger partial charge in [-0.2, -0.15) is 0 Å². The van der Waals surface area contributed by atoms with Gasteiger partial charge in [0.1, 0.15) is 5.82 Å². The minimum Gasteiger partial charge on any atom is -0.455 e. The molecule has 2 aromatic carbocycles. The SMILES string of the molecule is O=C(COC(=O)[C@H]1CC(=O)N(c2ccc(F)cc2)C1)Nc1ccccc1. The highest BCUT2D eigenvalue weighted by Gasteiger charge is 2.36. The Hall–Kier alpha value is -3.22. The number of amides is 2. The molecule has 1 heterocycles. The number of anilines is 2. The highest BCUT2D eigenvalue weighted by molar-refractivity contribution is 6.00. The molecule has 0 saturated carbocycles. The largest absolute Gasteiger partial charge is 0.455 e. The lowest BCUT2D eigenvalue weighted by atomic mass is 10.1. The van der Waals surface area contributed by atoms with Gasteiger partial charge in [0.2, 0.25) is 5.91 Å². The van der Waals surface area contributed by atoms with Crippen molar-refractivity contribution in [1.82, 2.24) is 0 Å². The van der Waals surface area contributed by atoms with Crippen LogP contribution in [0.15, 0.2) is 54.6 Å². The molecule has 0 radical (unpaired) electrons. The standard InChI is InChI=1S/C19H17FN2O4/c20-14-6-8-16(9-7-14)22-11-13(10-18(22)24)19(25)26-12-17(23)21-15-4-2-1-3-5-15/h1-9,13H,10-12H2,(H,21,23)/t13-/m0/s1. The Balaban J connectivity index is 1.51. The van der Waals surface area contributed by atoms with Crippen LogP contribution < -0.4 is 10.2 Å². The molecule has 1 fully saturated rings. The molecule has 0 spiro atoms. The summed E-state index contributed by atoms with van der Waals surface area (Å²) in [4.78, 5) is 37.5. The maximum atomic E-state index is 13.0. The minimum atomic E-state index is -0.655. The first kappa shape index (κ1) is 17.6. The van der Waals surface area contributed by atoms with Crippen LogP contribution in [0.4, 0.5) is 15.8 Å². The number of carbonyl (C=O) groups is 3. The second kappa shape index (κ2) is 7.77. The number of nitrogens with one attached hydrogen (secondary N) is 1. The highest BCUT2D eigenvalue weighted by atomic mass is 19.1. The number of ether oxygens (including phenoxy) is 1. The van der Waals surface area contributed by atoms with Gasteiger partial charge in [-0.15, -0.1) is 0 Å². The fraction of sp³-hybridized carbons (Fsp3) is 0.211. The van der Waals surface area contributed by atoms with Gasteiger partial charge in [0.15, 0.2) is 6.61 Å². The maximum Gasteiger partial charge on any atom is 0.311 e. The van der Waals surface area contributed by atoms with E-state index in [2.05, 4.69) is 5.32 Å². The van der Waals surface area contributed by atoms with Crippen molar-refractivity contribution in [3.8, 4) is 0 Å². The summed E-state index contributed by atoms with van der Waals surface area (Å²) >= 11 is 0. The van der Waals surface area contributed by atoms with E-state index in [-0.39, 0.29) is 18.9 Å². The first-order valence-electron chi connectivity index (χ1n) is 8.10. The Kier molecular flexibility index (Phi) is 5.26. The lowest BCUT2D eigenvalue weighted by Crippen LogP contribution is -2.28. The molecule has 1 saturated heterocycles. The van der Waals surface area contributed by atoms with Crippen LogP contribution in [-0.4, -0.2) is 30.9 Å². The molecule has 0 bridgehead atoms. The van der Waals surface area contributed by atoms with E-state index in [0.29, 0.717) is 11.4 Å². The van der Waals surface area contributed by atoms with E-state index in [1.165, 1.54) is 29.2 Å². The zero-order valence-corrected chi connectivity index (χ0v) is 13.9. The number of rotatable bonds is 5. The summed E-state index contributed by atoms with van der Waals surface area (Å²) in [5, 5.41) is 2.61. The number of carbonyl (C=O) groups excluding carboxylic acids is 3. The molecule has 0 aliphatic carbocycles. The summed E-state index contributed by atoms with van der Waals surface area (Å²) in [6.45, 7) is -0.279. The minimum absolute atomic E-state index is 0.00346. The van der Waals surface area contributed by atoms with Gasteiger partial charge >= 0.3 is 5.97 Å². The molecule has 1 aliphatic heterocycles. The molecule has 134 valence electrons. The zero-order valence-electron chi connectivity index (χ0n) is 13.9. The zero-order chi connectivity index (χ0) is 18.5. The van der Waals surface area contributed by atoms with Crippen molar-refractivity contribution < 1.29 is 23.5 Å². The van der Waals surface area contributed by atoms with Gasteiger partial charge < -0.3 is 15.0 Å². The Morgan fingerprint density at radius 3 is 2.50 bits per heavy atom. The Morgan fingerprint density at radius 1 is 1.12 bits per heavy atom. The van der Waals surface area contributed by atoms with Crippen molar-refractivity contribution in [2.24, 2.45) is 5.92 Å². The number of halogens is 1. The van der Waals surface area contributed by atoms with Crippen molar-refractivity contribution in [1.29, 1.82) is 0 Å². The maximum absolute atomic E-state index is 13.0. The molecule has 1 aliphatic rings. The van der Waals surface area contributed by atoms with E-state index in [9.17, 15) is 18.8 Å². The third-order valence-corrected chi connectivity index (χ3v) is 4.00. The van der Waals surface area contributed by atoms with Gasteiger partial charge in [-0.3, -0.25) is 14.4 Å². The predicted molar refractivity (Wildman–Crippen MR) is 92.9 cm³/mol. The average molecular weight is 356 g/mol. The van der Waals surface area contributed by atoms with Gasteiger partial charge in [-0.1, -0.05) is 18.2 Å². The van der Waals surface area contributed by atoms with Gasteiger partial charge in [0, 0.05) is 24.3 Å². The molecule has 2 aromatic rings. The van der Waals surface area contributed by atoms with Crippen LogP contribution in [-0.2, 0) is 19.1 Å². The summed E-state index contributed by atoms with van der Waals surface area (Å²) in [6, 6.07) is 14.3. The number of nitrogens with zero attached hydrogens (tertiary/aromatic N) is 1. The number of para-hydroxylation sites is 1. The van der Waals surface area contributed by atoms with Gasteiger partial charge in [-0.25, -0.2) is 4.39 Å². The Labute approximate surface area is 149 Å². The van der Waals surface area contributed by atoms with E-state index in [0.717, 1.165) is 0 Å². The summed E-state index contributed by atoms with van der Waals surface area (Å²) in [7, 11) is 0. The van der Waals surface area contributed by atoms with E-state index in [4.69, 9.17) is 4.74 Å². The van der Waals surface area contributed by atoms with Gasteiger partial charge in [-0.05, 0) is 36.4 Å². The van der Waals surface area contributed by atoms with Crippen LogP contribution in [0.2, 0.25) is 0 Å². The molecule has 7 heteroatoms. The summed E-state index contributed by atoms with van der Waals surface area (Å²) < 4.78 is 18.0. The second-order valence-electron chi connectivity index (χ2n) is 5.90. The smallest absolute Gasteiger partial charge is 0.311 e. The van der Waals surface area contributed by atoms with Gasteiger partial charge in [0.25, 0.3) is 5.91 Å². The molecule has 26 heavy (non-hydrogen) atoms. The van der Waals surface area contributed by atoms with Crippen molar-refractivity contribution in [2.45, 2.75) is 6.42 Å². The summed E-state index contributed by atoms with van der Waals surface area (Å²) in [5.74, 6) is -2.36. The molecule has 3 rings (SSSR count). The first-order chi connectivity index (χ1) is 12.5. The number of hydrogen-bond donors (Lipinski definition) is 1. The fourth-order valence-corrected chi connectivity index (χ4v) is 2.71. The third kappa shape index (κ3) is 4.24. The Bertz CT molecular complexity index is 808. The molecular weight excluding hydrogens is 339 g/mol. The molecule has 0 aromatic heterocycles. The second-order valence-corrected chi connectivity index (χ2v) is 5.90. The molecule has 2 amide bonds. The number of esters is 1. The van der Waals surface area contributed by atoms with Crippen LogP contribution >= 0.6 is 0 Å². The van der Waals surface area contributed by atoms with Crippen LogP contribution in [0.25, 0.3) is 0 Å². The summed E-state index contributed by atoms with van der Waals surface area (Å²) in [5.41, 5.74) is 1.13. The topological polar surface area (TPSA) is 75.7 Å². The monoisotopic (exact) mass is 356 g/mol. The van der Waals surface area contributed by atoms with E-state index in [1.54, 1.807) is 24.3 Å². The Morgan fingerprint density at radius 2 is 1.81 bits per heavy atom. The quantitative estimate of drug-likeness (QED) is 0.835. The summed E-state index contributed by atoms with van der Waals surface area (Å²) in [6.07, 6.45) is -0.00346. The van der Waals surface area contributed by atoms with Crippen molar-refractivity contribution in [3.63, 3.8) is 0 Å². The lowest BCUT2D eigenvalue weighted by molar-refractivity contribution is -0.151. The predicted octanol–water partition coefficient (Wildman–Crippen LogP) is 2.36. The van der Waals surface area contributed by atoms with E-state index in [1.807, 2.05) is 6.07 Å². The number of benzene rings is 2. The van der Waals surface area contributed by atoms with Crippen LogP contribution in [0.3, 0.4) is 0 Å². The highest BCUT2D eigenvalue weighted by Crippen LogP contribution is 2.26. The molecule has 0 unspecified atom stereocenters. The van der Waals surface area contributed by atoms with Gasteiger partial charge in [0.05, 0.1) is 5.92 Å². The van der Waals surface area contributed by atoms with E-state index < -0.39 is 30.2 Å². The number of hydrogen-bond acceptors (Lipinski definition) is 4. The third-order valence-electron chi connectivity index (χ3n) is 4.00. The molecule has 1 atom stereocenters. The van der Waals surface area contributed by atoms with Crippen LogP contribution in [0, 0.1) is 11.7 Å². The fourth-order valence-electron chi connectivity index (χ4n) is 2.71. The first-order valence-corrected chi connectivity index (χ1v) is 8.10. The molecular formula is C19H17FN2O4. The van der Waals surface area contributed by atoms with Crippen LogP contribution in [0.1, 0.15) is 6.42 Å². The van der Waals surface area contributed by atoms with Crippen molar-refractivity contribution in [3.05, 3.63) is 60.4 Å². The normalized spacial score (nSPS) is 16.4. The van der Waals surface area contributed by atoms with E-state index >= 15 is 0 Å². The van der Waals surface area contributed by atoms with Crippen molar-refractivity contribution >= 4 is 29.2 Å². The van der Waals surface area contributed by atoms with Crippen molar-refractivity contribution in [2.75, 3.05) is 23.4 Å². The van der Waals surface area contributed by atoms with Crippen LogP contribution in [0.5, 0.6) is 0 Å².